The lowest BCUT2D eigenvalue weighted by molar-refractivity contribution is 0.0689. The molecule has 0 fully saturated rings. The van der Waals surface area contributed by atoms with Gasteiger partial charge in [0.2, 0.25) is 0 Å². The van der Waals surface area contributed by atoms with Crippen LogP contribution in [-0.4, -0.2) is 25.4 Å². The van der Waals surface area contributed by atoms with E-state index in [2.05, 4.69) is 40.4 Å². The maximum Gasteiger partial charge on any atom is 0.354 e. The van der Waals surface area contributed by atoms with Crippen molar-refractivity contribution in [3.63, 3.8) is 0 Å². The van der Waals surface area contributed by atoms with Gasteiger partial charge in [0, 0.05) is 30.1 Å². The molecule has 0 amide bonds. The molecule has 0 bridgehead atoms. The van der Waals surface area contributed by atoms with Crippen molar-refractivity contribution in [3.8, 4) is 11.1 Å². The quantitative estimate of drug-likeness (QED) is 0.563. The van der Waals surface area contributed by atoms with Crippen molar-refractivity contribution < 1.29 is 9.90 Å². The van der Waals surface area contributed by atoms with Gasteiger partial charge in [0.05, 0.1) is 6.20 Å². The van der Waals surface area contributed by atoms with Crippen molar-refractivity contribution in [2.45, 2.75) is 13.5 Å². The summed E-state index contributed by atoms with van der Waals surface area (Å²) in [6.45, 7) is 2.78. The number of carboxylic acids is 1. The number of benzene rings is 1. The number of nitrogens with one attached hydrogen (secondary N) is 1. The maximum absolute atomic E-state index is 11.3. The third kappa shape index (κ3) is 3.50. The van der Waals surface area contributed by atoms with Gasteiger partial charge < -0.3 is 10.4 Å². The third-order valence-electron chi connectivity index (χ3n) is 4.38. The Kier molecular flexibility index (Phi) is 4.30. The Morgan fingerprint density at radius 1 is 1.07 bits per heavy atom. The van der Waals surface area contributed by atoms with Gasteiger partial charge in [-0.05, 0) is 36.8 Å². The van der Waals surface area contributed by atoms with Gasteiger partial charge in [-0.15, -0.1) is 0 Å². The summed E-state index contributed by atoms with van der Waals surface area (Å²) in [7, 11) is 0. The Balaban J connectivity index is 1.54. The first-order chi connectivity index (χ1) is 13.1. The van der Waals surface area contributed by atoms with E-state index in [1.165, 1.54) is 17.3 Å². The Morgan fingerprint density at radius 3 is 2.67 bits per heavy atom. The van der Waals surface area contributed by atoms with Crippen LogP contribution in [-0.2, 0) is 6.54 Å². The van der Waals surface area contributed by atoms with Crippen molar-refractivity contribution in [1.29, 1.82) is 0 Å². The highest BCUT2D eigenvalue weighted by Gasteiger charge is 2.11. The Hall–Kier alpha value is -3.67. The van der Waals surface area contributed by atoms with Crippen LogP contribution in [0.1, 0.15) is 21.6 Å². The first-order valence-corrected chi connectivity index (χ1v) is 8.56. The molecule has 2 N–H and O–H groups in total. The topological polar surface area (TPSA) is 79.5 Å². The molecular weight excluding hydrogens is 340 g/mol. The molecule has 6 nitrogen and oxygen atoms in total. The lowest BCUT2D eigenvalue weighted by Gasteiger charge is -2.08. The second-order valence-corrected chi connectivity index (χ2v) is 6.37. The minimum atomic E-state index is -1.01. The van der Waals surface area contributed by atoms with Crippen LogP contribution >= 0.6 is 0 Å². The van der Waals surface area contributed by atoms with Crippen LogP contribution in [0.3, 0.4) is 0 Å². The number of aromatic carboxylic acids is 1. The van der Waals surface area contributed by atoms with Crippen molar-refractivity contribution in [3.05, 3.63) is 83.9 Å². The first kappa shape index (κ1) is 16.8. The summed E-state index contributed by atoms with van der Waals surface area (Å²) in [6.07, 6.45) is 4.90. The number of carbonyl (C=O) groups is 1. The van der Waals surface area contributed by atoms with Crippen molar-refractivity contribution in [2.24, 2.45) is 0 Å². The van der Waals surface area contributed by atoms with Crippen LogP contribution in [0, 0.1) is 6.92 Å². The normalized spacial score (nSPS) is 10.9. The predicted octanol–water partition coefficient (Wildman–Crippen LogP) is 4.02. The molecule has 0 unspecified atom stereocenters. The standard InChI is InChI=1S/C21H18N4O2/c1-14-3-2-4-15(9-14)10-22-19-7-5-16(11-23-19)17-6-8-20-24-12-18(21(26)27)25(20)13-17/h2-9,11-13H,10H2,1H3,(H,22,23)(H,26,27). The van der Waals surface area contributed by atoms with Crippen LogP contribution < -0.4 is 5.32 Å². The zero-order valence-electron chi connectivity index (χ0n) is 14.8. The average molecular weight is 358 g/mol. The molecule has 6 heteroatoms. The highest BCUT2D eigenvalue weighted by atomic mass is 16.4. The number of imidazole rings is 1. The molecule has 1 aromatic carbocycles. The third-order valence-corrected chi connectivity index (χ3v) is 4.38. The van der Waals surface area contributed by atoms with Gasteiger partial charge >= 0.3 is 5.97 Å². The average Bonchev–Trinajstić information content (AvgIpc) is 3.10. The largest absolute Gasteiger partial charge is 0.477 e. The molecule has 0 saturated heterocycles. The van der Waals surface area contributed by atoms with Crippen molar-refractivity contribution >= 4 is 17.4 Å². The summed E-state index contributed by atoms with van der Waals surface area (Å²) in [5.74, 6) is -0.219. The van der Waals surface area contributed by atoms with Crippen molar-refractivity contribution in [2.75, 3.05) is 5.32 Å². The van der Waals surface area contributed by atoms with E-state index in [1.807, 2.05) is 24.3 Å². The van der Waals surface area contributed by atoms with Crippen LogP contribution in [0.4, 0.5) is 5.82 Å². The highest BCUT2D eigenvalue weighted by Crippen LogP contribution is 2.21. The van der Waals surface area contributed by atoms with Gasteiger partial charge in [0.1, 0.15) is 11.5 Å². The van der Waals surface area contributed by atoms with E-state index in [0.29, 0.717) is 12.2 Å². The van der Waals surface area contributed by atoms with Gasteiger partial charge in [-0.2, -0.15) is 0 Å². The number of fused-ring (bicyclic) bond motifs is 1. The molecule has 0 saturated carbocycles. The molecule has 0 aliphatic heterocycles. The lowest BCUT2D eigenvalue weighted by atomic mass is 10.1. The number of hydrogen-bond acceptors (Lipinski definition) is 4. The van der Waals surface area contributed by atoms with Gasteiger partial charge in [-0.1, -0.05) is 29.8 Å². The van der Waals surface area contributed by atoms with E-state index < -0.39 is 5.97 Å². The minimum Gasteiger partial charge on any atom is -0.477 e. The van der Waals surface area contributed by atoms with E-state index in [-0.39, 0.29) is 5.69 Å². The second kappa shape index (κ2) is 6.92. The number of pyridine rings is 2. The number of carboxylic acid groups (broad SMARTS) is 1. The van der Waals surface area contributed by atoms with Gasteiger partial charge in [0.15, 0.2) is 5.69 Å². The van der Waals surface area contributed by atoms with E-state index in [1.54, 1.807) is 22.9 Å². The zero-order valence-corrected chi connectivity index (χ0v) is 14.8. The smallest absolute Gasteiger partial charge is 0.354 e. The Bertz CT molecular complexity index is 1120. The molecule has 0 radical (unpaired) electrons. The summed E-state index contributed by atoms with van der Waals surface area (Å²) in [4.78, 5) is 19.9. The van der Waals surface area contributed by atoms with E-state index >= 15 is 0 Å². The fourth-order valence-electron chi connectivity index (χ4n) is 2.99. The van der Waals surface area contributed by atoms with Crippen molar-refractivity contribution in [1.82, 2.24) is 14.4 Å². The minimum absolute atomic E-state index is 0.135. The molecule has 3 aromatic heterocycles. The van der Waals surface area contributed by atoms with Crippen LogP contribution in [0.25, 0.3) is 16.8 Å². The number of aromatic nitrogens is 3. The number of aryl methyl sites for hydroxylation is 1. The molecule has 4 aromatic rings. The molecular formula is C21H18N4O2. The summed E-state index contributed by atoms with van der Waals surface area (Å²) in [5, 5.41) is 12.6. The van der Waals surface area contributed by atoms with Crippen LogP contribution in [0.2, 0.25) is 0 Å². The maximum atomic E-state index is 11.3. The van der Waals surface area contributed by atoms with Gasteiger partial charge in [0.25, 0.3) is 0 Å². The highest BCUT2D eigenvalue weighted by molar-refractivity contribution is 5.86. The summed E-state index contributed by atoms with van der Waals surface area (Å²) < 4.78 is 1.57. The number of hydrogen-bond donors (Lipinski definition) is 2. The molecule has 0 aliphatic carbocycles. The molecule has 0 atom stereocenters. The first-order valence-electron chi connectivity index (χ1n) is 8.56. The van der Waals surface area contributed by atoms with E-state index in [9.17, 15) is 9.90 Å². The molecule has 134 valence electrons. The fraction of sp³-hybridized carbons (Fsp3) is 0.0952. The molecule has 27 heavy (non-hydrogen) atoms. The Labute approximate surface area is 156 Å². The molecule has 0 aliphatic rings. The fourth-order valence-corrected chi connectivity index (χ4v) is 2.99. The van der Waals surface area contributed by atoms with Crippen LogP contribution in [0.5, 0.6) is 0 Å². The lowest BCUT2D eigenvalue weighted by Crippen LogP contribution is -2.02. The van der Waals surface area contributed by atoms with E-state index in [0.717, 1.165) is 16.9 Å². The van der Waals surface area contributed by atoms with Gasteiger partial charge in [-0.3, -0.25) is 4.40 Å². The number of nitrogens with zero attached hydrogens (tertiary/aromatic N) is 3. The second-order valence-electron chi connectivity index (χ2n) is 6.37. The number of anilines is 1. The Morgan fingerprint density at radius 2 is 1.93 bits per heavy atom. The molecule has 0 spiro atoms. The monoisotopic (exact) mass is 358 g/mol. The molecule has 4 rings (SSSR count). The van der Waals surface area contributed by atoms with Crippen LogP contribution in [0.15, 0.2) is 67.1 Å². The van der Waals surface area contributed by atoms with E-state index in [4.69, 9.17) is 0 Å². The predicted molar refractivity (Wildman–Crippen MR) is 104 cm³/mol. The number of rotatable bonds is 5. The summed E-state index contributed by atoms with van der Waals surface area (Å²) >= 11 is 0. The summed E-state index contributed by atoms with van der Waals surface area (Å²) in [6, 6.07) is 15.9. The molecule has 3 heterocycles. The van der Waals surface area contributed by atoms with Gasteiger partial charge in [-0.25, -0.2) is 14.8 Å². The zero-order chi connectivity index (χ0) is 18.8. The summed E-state index contributed by atoms with van der Waals surface area (Å²) in [5.41, 5.74) is 4.95. The SMILES string of the molecule is Cc1cccc(CNc2ccc(-c3ccc4ncc(C(=O)O)n4c3)cn2)c1.